The number of rotatable bonds is 2. The molecule has 0 saturated heterocycles. The smallest absolute Gasteiger partial charge is 0.0876 e. The van der Waals surface area contributed by atoms with Crippen molar-refractivity contribution in [2.75, 3.05) is 0 Å². The van der Waals surface area contributed by atoms with Gasteiger partial charge in [0.15, 0.2) is 0 Å². The maximum absolute atomic E-state index is 6.14. The van der Waals surface area contributed by atoms with E-state index in [1.54, 1.807) is 4.68 Å². The molecule has 0 radical (unpaired) electrons. The Labute approximate surface area is 93.5 Å². The van der Waals surface area contributed by atoms with Gasteiger partial charge in [0.2, 0.25) is 0 Å². The zero-order valence-electron chi connectivity index (χ0n) is 8.44. The van der Waals surface area contributed by atoms with Gasteiger partial charge >= 0.3 is 0 Å². The Morgan fingerprint density at radius 1 is 1.40 bits per heavy atom. The molecular formula is C11H12ClN3. The highest BCUT2D eigenvalue weighted by Crippen LogP contribution is 2.23. The van der Waals surface area contributed by atoms with Crippen LogP contribution in [-0.2, 0) is 6.54 Å². The van der Waals surface area contributed by atoms with Gasteiger partial charge in [0.05, 0.1) is 16.4 Å². The highest BCUT2D eigenvalue weighted by Gasteiger charge is 2.08. The highest BCUT2D eigenvalue weighted by atomic mass is 35.5. The van der Waals surface area contributed by atoms with E-state index in [9.17, 15) is 0 Å². The number of aromatic nitrogens is 2. The lowest BCUT2D eigenvalue weighted by atomic mass is 10.2. The van der Waals surface area contributed by atoms with Crippen molar-refractivity contribution in [3.05, 3.63) is 46.7 Å². The molecule has 0 atom stereocenters. The number of hydrogen-bond acceptors (Lipinski definition) is 2. The van der Waals surface area contributed by atoms with E-state index >= 15 is 0 Å². The summed E-state index contributed by atoms with van der Waals surface area (Å²) in [6.07, 6.45) is 1.88. The molecule has 0 amide bonds. The van der Waals surface area contributed by atoms with Gasteiger partial charge in [-0.25, -0.2) is 4.68 Å². The molecule has 3 nitrogen and oxygen atoms in total. The lowest BCUT2D eigenvalue weighted by Gasteiger charge is -2.09. The second kappa shape index (κ2) is 4.04. The number of hydrogen-bond donors (Lipinski definition) is 1. The fourth-order valence-electron chi connectivity index (χ4n) is 1.52. The van der Waals surface area contributed by atoms with Crippen LogP contribution >= 0.6 is 11.6 Å². The summed E-state index contributed by atoms with van der Waals surface area (Å²) in [7, 11) is 0. The summed E-state index contributed by atoms with van der Waals surface area (Å²) in [6.45, 7) is 2.39. The van der Waals surface area contributed by atoms with Gasteiger partial charge in [-0.1, -0.05) is 23.7 Å². The van der Waals surface area contributed by atoms with Gasteiger partial charge in [0.1, 0.15) is 0 Å². The second-order valence-electron chi connectivity index (χ2n) is 3.35. The average molecular weight is 222 g/mol. The minimum atomic E-state index is 0.453. The number of halogens is 1. The molecule has 1 heterocycles. The number of nitrogens with two attached hydrogens (primary N) is 1. The van der Waals surface area contributed by atoms with E-state index in [1.807, 2.05) is 37.4 Å². The monoisotopic (exact) mass is 221 g/mol. The van der Waals surface area contributed by atoms with Crippen LogP contribution in [0.5, 0.6) is 0 Å². The SMILES string of the molecule is Cc1ccn(-c2c(Cl)cccc2CN)n1. The van der Waals surface area contributed by atoms with Crippen molar-refractivity contribution >= 4 is 11.6 Å². The molecule has 0 aliphatic heterocycles. The van der Waals surface area contributed by atoms with Crippen LogP contribution in [0.15, 0.2) is 30.5 Å². The van der Waals surface area contributed by atoms with Crippen LogP contribution in [0.4, 0.5) is 0 Å². The third kappa shape index (κ3) is 1.89. The van der Waals surface area contributed by atoms with Gasteiger partial charge in [0, 0.05) is 12.7 Å². The summed E-state index contributed by atoms with van der Waals surface area (Å²) in [5.41, 5.74) is 8.48. The predicted octanol–water partition coefficient (Wildman–Crippen LogP) is 2.29. The fourth-order valence-corrected chi connectivity index (χ4v) is 1.80. The van der Waals surface area contributed by atoms with Gasteiger partial charge in [-0.3, -0.25) is 0 Å². The topological polar surface area (TPSA) is 43.8 Å². The molecule has 2 rings (SSSR count). The van der Waals surface area contributed by atoms with Crippen molar-refractivity contribution in [1.82, 2.24) is 9.78 Å². The average Bonchev–Trinajstić information content (AvgIpc) is 2.64. The van der Waals surface area contributed by atoms with E-state index in [1.165, 1.54) is 0 Å². The van der Waals surface area contributed by atoms with Crippen LogP contribution in [0.2, 0.25) is 5.02 Å². The Kier molecular flexibility index (Phi) is 2.75. The summed E-state index contributed by atoms with van der Waals surface area (Å²) in [4.78, 5) is 0. The highest BCUT2D eigenvalue weighted by molar-refractivity contribution is 6.32. The first-order valence-electron chi connectivity index (χ1n) is 4.72. The van der Waals surface area contributed by atoms with E-state index < -0.39 is 0 Å². The number of nitrogens with zero attached hydrogens (tertiary/aromatic N) is 2. The molecule has 4 heteroatoms. The lowest BCUT2D eigenvalue weighted by Crippen LogP contribution is -2.05. The van der Waals surface area contributed by atoms with Crippen molar-refractivity contribution in [2.24, 2.45) is 5.73 Å². The molecule has 0 spiro atoms. The molecule has 1 aromatic heterocycles. The van der Waals surface area contributed by atoms with Gasteiger partial charge in [-0.2, -0.15) is 5.10 Å². The van der Waals surface area contributed by atoms with Crippen LogP contribution in [0.25, 0.3) is 5.69 Å². The van der Waals surface area contributed by atoms with E-state index in [0.29, 0.717) is 11.6 Å². The summed E-state index contributed by atoms with van der Waals surface area (Å²) in [5.74, 6) is 0. The van der Waals surface area contributed by atoms with E-state index in [0.717, 1.165) is 16.9 Å². The molecule has 0 fully saturated rings. The second-order valence-corrected chi connectivity index (χ2v) is 3.76. The molecule has 2 N–H and O–H groups in total. The van der Waals surface area contributed by atoms with Crippen molar-refractivity contribution in [1.29, 1.82) is 0 Å². The Bertz CT molecular complexity index is 476. The quantitative estimate of drug-likeness (QED) is 0.846. The molecule has 15 heavy (non-hydrogen) atoms. The van der Waals surface area contributed by atoms with Crippen molar-refractivity contribution in [2.45, 2.75) is 13.5 Å². The van der Waals surface area contributed by atoms with Gasteiger partial charge in [-0.05, 0) is 24.6 Å². The molecule has 2 aromatic rings. The van der Waals surface area contributed by atoms with Crippen molar-refractivity contribution < 1.29 is 0 Å². The largest absolute Gasteiger partial charge is 0.326 e. The molecule has 0 saturated carbocycles. The molecule has 78 valence electrons. The minimum Gasteiger partial charge on any atom is -0.326 e. The first-order chi connectivity index (χ1) is 7.22. The summed E-state index contributed by atoms with van der Waals surface area (Å²) < 4.78 is 1.76. The zero-order chi connectivity index (χ0) is 10.8. The van der Waals surface area contributed by atoms with Crippen LogP contribution < -0.4 is 5.73 Å². The Hall–Kier alpha value is -1.32. The first kappa shape index (κ1) is 10.2. The minimum absolute atomic E-state index is 0.453. The van der Waals surface area contributed by atoms with Crippen LogP contribution in [0.1, 0.15) is 11.3 Å². The third-order valence-corrected chi connectivity index (χ3v) is 2.55. The summed E-state index contributed by atoms with van der Waals surface area (Å²) >= 11 is 6.14. The molecule has 0 bridgehead atoms. The predicted molar refractivity (Wildman–Crippen MR) is 61.2 cm³/mol. The molecular weight excluding hydrogens is 210 g/mol. The standard InChI is InChI=1S/C11H12ClN3/c1-8-5-6-15(14-8)11-9(7-13)3-2-4-10(11)12/h2-6H,7,13H2,1H3. The summed E-state index contributed by atoms with van der Waals surface area (Å²) in [5, 5.41) is 4.99. The van der Waals surface area contributed by atoms with Gasteiger partial charge < -0.3 is 5.73 Å². The maximum Gasteiger partial charge on any atom is 0.0876 e. The van der Waals surface area contributed by atoms with Crippen LogP contribution in [-0.4, -0.2) is 9.78 Å². The van der Waals surface area contributed by atoms with Crippen LogP contribution in [0, 0.1) is 6.92 Å². The number of benzene rings is 1. The van der Waals surface area contributed by atoms with Gasteiger partial charge in [0.25, 0.3) is 0 Å². The normalized spacial score (nSPS) is 10.6. The number of para-hydroxylation sites is 1. The van der Waals surface area contributed by atoms with Gasteiger partial charge in [-0.15, -0.1) is 0 Å². The Balaban J connectivity index is 2.60. The molecule has 0 unspecified atom stereocenters. The Morgan fingerprint density at radius 3 is 2.80 bits per heavy atom. The number of aryl methyl sites for hydroxylation is 1. The van der Waals surface area contributed by atoms with Crippen molar-refractivity contribution in [3.8, 4) is 5.69 Å². The third-order valence-electron chi connectivity index (χ3n) is 2.24. The lowest BCUT2D eigenvalue weighted by molar-refractivity contribution is 0.844. The molecule has 0 aliphatic carbocycles. The van der Waals surface area contributed by atoms with Crippen LogP contribution in [0.3, 0.4) is 0 Å². The maximum atomic E-state index is 6.14. The zero-order valence-corrected chi connectivity index (χ0v) is 9.20. The van der Waals surface area contributed by atoms with E-state index in [-0.39, 0.29) is 0 Å². The van der Waals surface area contributed by atoms with Crippen molar-refractivity contribution in [3.63, 3.8) is 0 Å². The summed E-state index contributed by atoms with van der Waals surface area (Å²) in [6, 6.07) is 7.62. The van der Waals surface area contributed by atoms with E-state index in [4.69, 9.17) is 17.3 Å². The Morgan fingerprint density at radius 2 is 2.20 bits per heavy atom. The van der Waals surface area contributed by atoms with E-state index in [2.05, 4.69) is 5.10 Å². The first-order valence-corrected chi connectivity index (χ1v) is 5.10. The fraction of sp³-hybridized carbons (Fsp3) is 0.182. The molecule has 0 aliphatic rings. The molecule has 1 aromatic carbocycles.